The maximum absolute atomic E-state index is 13.5. The third kappa shape index (κ3) is 7.46. The summed E-state index contributed by atoms with van der Waals surface area (Å²) in [5.74, 6) is 0.0942. The zero-order valence-electron chi connectivity index (χ0n) is 28.2. The molecule has 0 saturated carbocycles. The molecule has 2 atom stereocenters. The SMILES string of the molecule is Cc1ccc([S+](c2ccc(C(=O)c3ccccc3)cc2)c2ccc(C(=O)c3ccccc3)cc2)cc1C1CC(C(=O)c2ccccc2)=CCC1S. The Morgan fingerprint density at radius 2 is 0.941 bits per heavy atom. The van der Waals surface area contributed by atoms with Gasteiger partial charge in [0.1, 0.15) is 0 Å². The molecule has 0 amide bonds. The lowest BCUT2D eigenvalue weighted by atomic mass is 9.79. The average molecular weight is 702 g/mol. The van der Waals surface area contributed by atoms with Gasteiger partial charge in [0.15, 0.2) is 32.0 Å². The van der Waals surface area contributed by atoms with E-state index in [1.54, 1.807) is 0 Å². The number of allylic oxidation sites excluding steroid dienone is 2. The molecule has 51 heavy (non-hydrogen) atoms. The summed E-state index contributed by atoms with van der Waals surface area (Å²) < 4.78 is 0. The lowest BCUT2D eigenvalue weighted by Crippen LogP contribution is -2.22. The number of aryl methyl sites for hydroxylation is 1. The van der Waals surface area contributed by atoms with Crippen LogP contribution in [0.4, 0.5) is 0 Å². The van der Waals surface area contributed by atoms with E-state index in [0.717, 1.165) is 25.8 Å². The van der Waals surface area contributed by atoms with Gasteiger partial charge in [-0.1, -0.05) is 103 Å². The summed E-state index contributed by atoms with van der Waals surface area (Å²) in [6.07, 6.45) is 3.39. The second-order valence-corrected chi connectivity index (χ2v) is 15.5. The van der Waals surface area contributed by atoms with E-state index in [4.69, 9.17) is 12.6 Å². The molecule has 0 N–H and O–H groups in total. The van der Waals surface area contributed by atoms with Crippen LogP contribution in [0.15, 0.2) is 184 Å². The van der Waals surface area contributed by atoms with E-state index in [9.17, 15) is 14.4 Å². The van der Waals surface area contributed by atoms with E-state index < -0.39 is 10.9 Å². The Balaban J connectivity index is 1.26. The number of benzene rings is 6. The zero-order chi connectivity index (χ0) is 35.3. The smallest absolute Gasteiger partial charge is 0.193 e. The van der Waals surface area contributed by atoms with Crippen molar-refractivity contribution in [3.8, 4) is 0 Å². The van der Waals surface area contributed by atoms with Gasteiger partial charge < -0.3 is 0 Å². The molecule has 0 aliphatic heterocycles. The maximum Gasteiger partial charge on any atom is 0.193 e. The summed E-state index contributed by atoms with van der Waals surface area (Å²) in [6, 6.07) is 50.6. The Kier molecular flexibility index (Phi) is 10.3. The lowest BCUT2D eigenvalue weighted by Gasteiger charge is -2.29. The van der Waals surface area contributed by atoms with Crippen LogP contribution in [0, 0.1) is 6.92 Å². The van der Waals surface area contributed by atoms with Crippen molar-refractivity contribution in [2.45, 2.75) is 45.6 Å². The molecule has 2 unspecified atom stereocenters. The molecule has 3 nitrogen and oxygen atoms in total. The van der Waals surface area contributed by atoms with E-state index in [1.807, 2.05) is 140 Å². The van der Waals surface area contributed by atoms with Crippen molar-refractivity contribution >= 4 is 40.9 Å². The van der Waals surface area contributed by atoms with Crippen LogP contribution >= 0.6 is 12.6 Å². The van der Waals surface area contributed by atoms with Crippen LogP contribution in [-0.2, 0) is 10.9 Å². The van der Waals surface area contributed by atoms with Gasteiger partial charge in [0.2, 0.25) is 0 Å². The number of ketones is 3. The van der Waals surface area contributed by atoms with Crippen LogP contribution in [-0.4, -0.2) is 22.6 Å². The first-order chi connectivity index (χ1) is 24.9. The molecule has 250 valence electrons. The van der Waals surface area contributed by atoms with Crippen molar-refractivity contribution in [2.24, 2.45) is 0 Å². The highest BCUT2D eigenvalue weighted by Crippen LogP contribution is 2.41. The van der Waals surface area contributed by atoms with Crippen molar-refractivity contribution in [3.05, 3.63) is 208 Å². The van der Waals surface area contributed by atoms with Gasteiger partial charge in [-0.15, -0.1) is 0 Å². The molecule has 0 aromatic heterocycles. The van der Waals surface area contributed by atoms with Crippen LogP contribution in [0.3, 0.4) is 0 Å². The molecule has 0 heterocycles. The Morgan fingerprint density at radius 1 is 0.529 bits per heavy atom. The van der Waals surface area contributed by atoms with E-state index in [0.29, 0.717) is 40.7 Å². The molecule has 0 radical (unpaired) electrons. The summed E-state index contributed by atoms with van der Waals surface area (Å²) in [5, 5.41) is 0.0691. The fraction of sp³-hybridized carbons (Fsp3) is 0.109. The molecular formula is C46H37O3S2+. The van der Waals surface area contributed by atoms with Gasteiger partial charge in [-0.05, 0) is 97.1 Å². The molecule has 1 aliphatic carbocycles. The normalized spacial score (nSPS) is 15.6. The minimum absolute atomic E-state index is 0.0190. The first kappa shape index (κ1) is 34.2. The van der Waals surface area contributed by atoms with Gasteiger partial charge in [0, 0.05) is 39.0 Å². The number of Topliss-reactive ketones (excluding diaryl/α,β-unsaturated/α-hetero) is 1. The summed E-state index contributed by atoms with van der Waals surface area (Å²) in [5.41, 5.74) is 6.44. The zero-order valence-corrected chi connectivity index (χ0v) is 29.9. The van der Waals surface area contributed by atoms with Crippen molar-refractivity contribution in [2.75, 3.05) is 0 Å². The first-order valence-corrected chi connectivity index (χ1v) is 18.8. The first-order valence-electron chi connectivity index (χ1n) is 17.1. The molecule has 7 rings (SSSR count). The molecule has 5 heteroatoms. The van der Waals surface area contributed by atoms with E-state index in [1.165, 1.54) is 5.56 Å². The number of thiol groups is 1. The second kappa shape index (κ2) is 15.3. The Bertz CT molecular complexity index is 2110. The van der Waals surface area contributed by atoms with Crippen molar-refractivity contribution in [1.29, 1.82) is 0 Å². The maximum atomic E-state index is 13.5. The van der Waals surface area contributed by atoms with E-state index >= 15 is 0 Å². The largest absolute Gasteiger partial charge is 0.289 e. The highest BCUT2D eigenvalue weighted by atomic mass is 32.2. The van der Waals surface area contributed by atoms with E-state index in [-0.39, 0.29) is 28.5 Å². The molecule has 6 aromatic carbocycles. The fourth-order valence-corrected chi connectivity index (χ4v) is 9.16. The molecule has 6 aromatic rings. The number of rotatable bonds is 10. The Morgan fingerprint density at radius 3 is 1.41 bits per heavy atom. The summed E-state index contributed by atoms with van der Waals surface area (Å²) in [6.45, 7) is 2.13. The number of carbonyl (C=O) groups is 3. The molecular weight excluding hydrogens is 665 g/mol. The fourth-order valence-electron chi connectivity index (χ4n) is 6.71. The third-order valence-corrected chi connectivity index (χ3v) is 12.3. The van der Waals surface area contributed by atoms with Crippen molar-refractivity contribution in [1.82, 2.24) is 0 Å². The predicted octanol–water partition coefficient (Wildman–Crippen LogP) is 10.5. The van der Waals surface area contributed by atoms with Crippen LogP contribution in [0.1, 0.15) is 72.1 Å². The van der Waals surface area contributed by atoms with Crippen LogP contribution in [0.5, 0.6) is 0 Å². The quantitative estimate of drug-likeness (QED) is 0.0879. The lowest BCUT2D eigenvalue weighted by molar-refractivity contribution is 0.102. The van der Waals surface area contributed by atoms with Gasteiger partial charge in [-0.25, -0.2) is 0 Å². The standard InChI is InChI=1S/C46H36O3S2/c1-31-17-23-40(30-41(31)42-29-37(22-28-43(42)50)46(49)34-15-9-4-10-16-34)51(38-24-18-35(19-25-38)44(47)32-11-5-2-6-12-32)39-26-20-36(21-27-39)45(48)33-13-7-3-8-14-33/h2-27,30,42-43H,28-29H2,1H3/p+1. The molecule has 0 saturated heterocycles. The summed E-state index contributed by atoms with van der Waals surface area (Å²) in [4.78, 5) is 43.3. The minimum atomic E-state index is -0.557. The minimum Gasteiger partial charge on any atom is -0.289 e. The Hall–Kier alpha value is -5.23. The van der Waals surface area contributed by atoms with Crippen molar-refractivity contribution in [3.63, 3.8) is 0 Å². The average Bonchev–Trinajstić information content (AvgIpc) is 3.19. The van der Waals surface area contributed by atoms with E-state index in [2.05, 4.69) is 31.2 Å². The monoisotopic (exact) mass is 701 g/mol. The summed E-state index contributed by atoms with van der Waals surface area (Å²) in [7, 11) is -0.557. The van der Waals surface area contributed by atoms with Crippen molar-refractivity contribution < 1.29 is 14.4 Å². The second-order valence-electron chi connectivity index (χ2n) is 12.8. The van der Waals surface area contributed by atoms with Gasteiger partial charge in [-0.3, -0.25) is 14.4 Å². The number of hydrogen-bond acceptors (Lipinski definition) is 4. The molecule has 0 fully saturated rings. The topological polar surface area (TPSA) is 51.2 Å². The highest BCUT2D eigenvalue weighted by molar-refractivity contribution is 7.97. The Labute approximate surface area is 307 Å². The van der Waals surface area contributed by atoms with Gasteiger partial charge in [-0.2, -0.15) is 12.6 Å². The van der Waals surface area contributed by atoms with Gasteiger partial charge in [0.05, 0.1) is 10.9 Å². The number of carbonyl (C=O) groups excluding carboxylic acids is 3. The number of hydrogen-bond donors (Lipinski definition) is 1. The van der Waals surface area contributed by atoms with Crippen LogP contribution in [0.2, 0.25) is 0 Å². The van der Waals surface area contributed by atoms with Gasteiger partial charge in [0.25, 0.3) is 0 Å². The van der Waals surface area contributed by atoms with Gasteiger partial charge >= 0.3 is 0 Å². The van der Waals surface area contributed by atoms with Crippen LogP contribution in [0.25, 0.3) is 0 Å². The van der Waals surface area contributed by atoms with Crippen LogP contribution < -0.4 is 0 Å². The highest BCUT2D eigenvalue weighted by Gasteiger charge is 2.34. The molecule has 0 spiro atoms. The molecule has 0 bridgehead atoms. The molecule has 1 aliphatic rings. The third-order valence-electron chi connectivity index (χ3n) is 9.50. The summed E-state index contributed by atoms with van der Waals surface area (Å²) >= 11 is 5.04. The predicted molar refractivity (Wildman–Crippen MR) is 210 cm³/mol.